The molecule has 0 aliphatic heterocycles. The molecule has 2 N–H and O–H groups in total. The van der Waals surface area contributed by atoms with E-state index in [9.17, 15) is 4.79 Å². The molecule has 23 heavy (non-hydrogen) atoms. The van der Waals surface area contributed by atoms with Crippen molar-refractivity contribution in [1.82, 2.24) is 4.90 Å². The van der Waals surface area contributed by atoms with Crippen LogP contribution in [0.5, 0.6) is 5.75 Å². The molecule has 5 nitrogen and oxygen atoms in total. The first-order valence-electron chi connectivity index (χ1n) is 7.59. The third-order valence-corrected chi connectivity index (χ3v) is 3.57. The van der Waals surface area contributed by atoms with Crippen LogP contribution in [0.1, 0.15) is 17.3 Å². The highest BCUT2D eigenvalue weighted by Crippen LogP contribution is 2.23. The van der Waals surface area contributed by atoms with Crippen molar-refractivity contribution in [3.05, 3.63) is 54.1 Å². The summed E-state index contributed by atoms with van der Waals surface area (Å²) in [6, 6.07) is 14.9. The van der Waals surface area contributed by atoms with E-state index in [1.165, 1.54) is 0 Å². The Morgan fingerprint density at radius 1 is 1.17 bits per heavy atom. The quantitative estimate of drug-likeness (QED) is 0.825. The van der Waals surface area contributed by atoms with Crippen molar-refractivity contribution in [1.29, 1.82) is 0 Å². The lowest BCUT2D eigenvalue weighted by Crippen LogP contribution is -2.33. The lowest BCUT2D eigenvalue weighted by Gasteiger charge is -2.21. The number of hydrogen-bond donors (Lipinski definition) is 2. The van der Waals surface area contributed by atoms with Gasteiger partial charge in [0.1, 0.15) is 5.75 Å². The van der Waals surface area contributed by atoms with Crippen molar-refractivity contribution < 1.29 is 14.6 Å². The maximum atomic E-state index is 12.6. The molecule has 0 saturated carbocycles. The molecule has 0 unspecified atom stereocenters. The van der Waals surface area contributed by atoms with Gasteiger partial charge in [-0.3, -0.25) is 4.79 Å². The van der Waals surface area contributed by atoms with E-state index in [0.717, 1.165) is 17.1 Å². The van der Waals surface area contributed by atoms with Gasteiger partial charge in [-0.25, -0.2) is 0 Å². The molecule has 0 heterocycles. The minimum atomic E-state index is -0.0989. The van der Waals surface area contributed by atoms with E-state index in [4.69, 9.17) is 9.84 Å². The van der Waals surface area contributed by atoms with Crippen molar-refractivity contribution in [2.24, 2.45) is 0 Å². The Labute approximate surface area is 136 Å². The lowest BCUT2D eigenvalue weighted by atomic mass is 10.1. The number of benzene rings is 2. The number of hydrogen-bond acceptors (Lipinski definition) is 4. The van der Waals surface area contributed by atoms with E-state index >= 15 is 0 Å². The van der Waals surface area contributed by atoms with Crippen molar-refractivity contribution in [3.8, 4) is 5.75 Å². The summed E-state index contributed by atoms with van der Waals surface area (Å²) in [5, 5.41) is 12.4. The monoisotopic (exact) mass is 314 g/mol. The van der Waals surface area contributed by atoms with Gasteiger partial charge in [0.25, 0.3) is 5.91 Å². The van der Waals surface area contributed by atoms with E-state index in [-0.39, 0.29) is 12.5 Å². The topological polar surface area (TPSA) is 61.8 Å². The van der Waals surface area contributed by atoms with Gasteiger partial charge in [0.15, 0.2) is 0 Å². The number of anilines is 2. The SMILES string of the molecule is CCN(CCO)C(=O)c1ccccc1Nc1ccc(OC)cc1. The fourth-order valence-electron chi connectivity index (χ4n) is 2.30. The van der Waals surface area contributed by atoms with Gasteiger partial charge >= 0.3 is 0 Å². The predicted octanol–water partition coefficient (Wildman–Crippen LogP) is 2.89. The van der Waals surface area contributed by atoms with E-state index in [2.05, 4.69) is 5.32 Å². The normalized spacial score (nSPS) is 10.2. The summed E-state index contributed by atoms with van der Waals surface area (Å²) in [7, 11) is 1.62. The number of amides is 1. The van der Waals surface area contributed by atoms with Crippen molar-refractivity contribution in [2.45, 2.75) is 6.92 Å². The van der Waals surface area contributed by atoms with Gasteiger partial charge in [0, 0.05) is 18.8 Å². The number of methoxy groups -OCH3 is 1. The zero-order valence-corrected chi connectivity index (χ0v) is 13.5. The highest BCUT2D eigenvalue weighted by atomic mass is 16.5. The number of carbonyl (C=O) groups excluding carboxylic acids is 1. The van der Waals surface area contributed by atoms with Crippen LogP contribution in [0.15, 0.2) is 48.5 Å². The molecule has 0 aromatic heterocycles. The lowest BCUT2D eigenvalue weighted by molar-refractivity contribution is 0.0733. The van der Waals surface area contributed by atoms with Crippen LogP contribution in [0.4, 0.5) is 11.4 Å². The number of rotatable bonds is 7. The maximum absolute atomic E-state index is 12.6. The summed E-state index contributed by atoms with van der Waals surface area (Å²) < 4.78 is 5.14. The molecule has 2 aromatic rings. The molecular weight excluding hydrogens is 292 g/mol. The number of nitrogens with zero attached hydrogens (tertiary/aromatic N) is 1. The van der Waals surface area contributed by atoms with Gasteiger partial charge in [-0.15, -0.1) is 0 Å². The minimum Gasteiger partial charge on any atom is -0.497 e. The van der Waals surface area contributed by atoms with Gasteiger partial charge in [0.2, 0.25) is 0 Å². The van der Waals surface area contributed by atoms with Crippen LogP contribution in [0.25, 0.3) is 0 Å². The van der Waals surface area contributed by atoms with E-state index in [1.54, 1.807) is 18.1 Å². The Bertz CT molecular complexity index is 641. The summed E-state index contributed by atoms with van der Waals surface area (Å²) in [6.45, 7) is 2.73. The first-order chi connectivity index (χ1) is 11.2. The number of aliphatic hydroxyl groups excluding tert-OH is 1. The Hall–Kier alpha value is -2.53. The molecule has 2 rings (SSSR count). The Morgan fingerprint density at radius 2 is 1.87 bits per heavy atom. The second kappa shape index (κ2) is 8.19. The molecule has 1 amide bonds. The molecule has 0 spiro atoms. The molecule has 0 fully saturated rings. The average molecular weight is 314 g/mol. The molecule has 122 valence electrons. The molecule has 0 aliphatic carbocycles. The van der Waals surface area contributed by atoms with Crippen molar-refractivity contribution >= 4 is 17.3 Å². The zero-order valence-electron chi connectivity index (χ0n) is 13.5. The van der Waals surface area contributed by atoms with Gasteiger partial charge in [0.05, 0.1) is 25.0 Å². The summed E-state index contributed by atoms with van der Waals surface area (Å²) in [6.07, 6.45) is 0. The Kier molecular flexibility index (Phi) is 6.00. The maximum Gasteiger partial charge on any atom is 0.256 e. The van der Waals surface area contributed by atoms with Crippen LogP contribution < -0.4 is 10.1 Å². The van der Waals surface area contributed by atoms with E-state index < -0.39 is 0 Å². The number of aliphatic hydroxyl groups is 1. The minimum absolute atomic E-state index is 0.0480. The Balaban J connectivity index is 2.24. The number of nitrogens with one attached hydrogen (secondary N) is 1. The third-order valence-electron chi connectivity index (χ3n) is 3.57. The van der Waals surface area contributed by atoms with Crippen molar-refractivity contribution in [3.63, 3.8) is 0 Å². The van der Waals surface area contributed by atoms with Crippen LogP contribution in [0.3, 0.4) is 0 Å². The van der Waals surface area contributed by atoms with Crippen LogP contribution in [0, 0.1) is 0 Å². The smallest absolute Gasteiger partial charge is 0.256 e. The van der Waals surface area contributed by atoms with Crippen LogP contribution in [0.2, 0.25) is 0 Å². The third kappa shape index (κ3) is 4.23. The molecule has 0 bridgehead atoms. The Morgan fingerprint density at radius 3 is 2.48 bits per heavy atom. The molecule has 0 saturated heterocycles. The summed E-state index contributed by atoms with van der Waals surface area (Å²) in [4.78, 5) is 14.3. The predicted molar refractivity (Wildman–Crippen MR) is 91.4 cm³/mol. The second-order valence-corrected chi connectivity index (χ2v) is 5.01. The summed E-state index contributed by atoms with van der Waals surface area (Å²) >= 11 is 0. The number of carbonyl (C=O) groups is 1. The summed E-state index contributed by atoms with van der Waals surface area (Å²) in [5.41, 5.74) is 2.19. The fraction of sp³-hybridized carbons (Fsp3) is 0.278. The zero-order chi connectivity index (χ0) is 16.7. The molecule has 2 aromatic carbocycles. The molecule has 0 aliphatic rings. The number of para-hydroxylation sites is 1. The molecule has 0 atom stereocenters. The van der Waals surface area contributed by atoms with Crippen molar-refractivity contribution in [2.75, 3.05) is 32.1 Å². The largest absolute Gasteiger partial charge is 0.497 e. The van der Waals surface area contributed by atoms with E-state index in [1.807, 2.05) is 49.4 Å². The highest BCUT2D eigenvalue weighted by molar-refractivity contribution is 6.00. The van der Waals surface area contributed by atoms with Crippen LogP contribution in [-0.2, 0) is 0 Å². The summed E-state index contributed by atoms with van der Waals surface area (Å²) in [5.74, 6) is 0.679. The first kappa shape index (κ1) is 16.8. The molecular formula is C18H22N2O3. The van der Waals surface area contributed by atoms with Crippen LogP contribution in [-0.4, -0.2) is 42.7 Å². The first-order valence-corrected chi connectivity index (χ1v) is 7.59. The van der Waals surface area contributed by atoms with Gasteiger partial charge < -0.3 is 20.1 Å². The van der Waals surface area contributed by atoms with Gasteiger partial charge in [-0.2, -0.15) is 0 Å². The van der Waals surface area contributed by atoms with E-state index in [0.29, 0.717) is 18.7 Å². The number of likely N-dealkylation sites (N-methyl/N-ethyl adjacent to an activating group) is 1. The fourth-order valence-corrected chi connectivity index (χ4v) is 2.30. The second-order valence-electron chi connectivity index (χ2n) is 5.01. The average Bonchev–Trinajstić information content (AvgIpc) is 2.60. The molecule has 5 heteroatoms. The highest BCUT2D eigenvalue weighted by Gasteiger charge is 2.17. The number of ether oxygens (including phenoxy) is 1. The van der Waals surface area contributed by atoms with Crippen LogP contribution >= 0.6 is 0 Å². The standard InChI is InChI=1S/C18H22N2O3/c1-3-20(12-13-21)18(22)16-6-4-5-7-17(16)19-14-8-10-15(23-2)11-9-14/h4-11,19,21H,3,12-13H2,1-2H3. The van der Waals surface area contributed by atoms with Gasteiger partial charge in [-0.1, -0.05) is 12.1 Å². The van der Waals surface area contributed by atoms with Gasteiger partial charge in [-0.05, 0) is 43.3 Å². The molecule has 0 radical (unpaired) electrons.